The number of amides is 1. The van der Waals surface area contributed by atoms with Crippen LogP contribution in [0.5, 0.6) is 11.5 Å². The molecule has 0 saturated carbocycles. The third-order valence-electron chi connectivity index (χ3n) is 4.14. The van der Waals surface area contributed by atoms with Crippen LogP contribution in [0.25, 0.3) is 11.6 Å². The molecule has 3 rings (SSSR count). The van der Waals surface area contributed by atoms with Gasteiger partial charge >= 0.3 is 0 Å². The molecular formula is C19H22N4O4S. The fraction of sp³-hybridized carbons (Fsp3) is 0.316. The Labute approximate surface area is 167 Å². The molecule has 28 heavy (non-hydrogen) atoms. The van der Waals surface area contributed by atoms with Gasteiger partial charge in [-0.2, -0.15) is 0 Å². The maximum atomic E-state index is 12.5. The Morgan fingerprint density at radius 1 is 1.25 bits per heavy atom. The number of methoxy groups -OCH3 is 2. The van der Waals surface area contributed by atoms with Gasteiger partial charge in [-0.25, -0.2) is 0 Å². The number of carbonyl (C=O) groups excluding carboxylic acids is 1. The maximum absolute atomic E-state index is 12.5. The average Bonchev–Trinajstić information content (AvgIpc) is 3.36. The molecule has 1 amide bonds. The summed E-state index contributed by atoms with van der Waals surface area (Å²) in [6.45, 7) is 2.22. The molecule has 2 aromatic heterocycles. The lowest BCUT2D eigenvalue weighted by molar-refractivity contribution is -0.120. The Morgan fingerprint density at radius 2 is 2.04 bits per heavy atom. The van der Waals surface area contributed by atoms with Crippen LogP contribution in [-0.2, 0) is 18.4 Å². The highest BCUT2D eigenvalue weighted by Gasteiger charge is 2.20. The van der Waals surface area contributed by atoms with Crippen LogP contribution in [0.15, 0.2) is 46.2 Å². The van der Waals surface area contributed by atoms with E-state index in [4.69, 9.17) is 13.9 Å². The molecule has 1 aromatic carbocycles. The zero-order valence-electron chi connectivity index (χ0n) is 16.1. The van der Waals surface area contributed by atoms with Gasteiger partial charge in [-0.1, -0.05) is 17.8 Å². The smallest absolute Gasteiger partial charge is 0.233 e. The first-order valence-corrected chi connectivity index (χ1v) is 9.50. The fourth-order valence-corrected chi connectivity index (χ4v) is 3.41. The third kappa shape index (κ3) is 4.30. The van der Waals surface area contributed by atoms with Crippen LogP contribution in [0.1, 0.15) is 12.5 Å². The first-order chi connectivity index (χ1) is 13.5. The molecule has 0 radical (unpaired) electrons. The van der Waals surface area contributed by atoms with Crippen molar-refractivity contribution in [1.82, 2.24) is 20.1 Å². The molecule has 0 fully saturated rings. The topological polar surface area (TPSA) is 91.4 Å². The minimum Gasteiger partial charge on any atom is -0.493 e. The Morgan fingerprint density at radius 3 is 2.71 bits per heavy atom. The van der Waals surface area contributed by atoms with E-state index in [0.717, 1.165) is 5.56 Å². The molecule has 0 unspecified atom stereocenters. The molecule has 8 nitrogen and oxygen atoms in total. The molecule has 1 atom stereocenters. The fourth-order valence-electron chi connectivity index (χ4n) is 2.57. The number of nitrogens with one attached hydrogen (secondary N) is 1. The van der Waals surface area contributed by atoms with Crippen molar-refractivity contribution in [1.29, 1.82) is 0 Å². The van der Waals surface area contributed by atoms with Crippen molar-refractivity contribution in [3.05, 3.63) is 42.2 Å². The lowest BCUT2D eigenvalue weighted by Gasteiger charge is -2.13. The lowest BCUT2D eigenvalue weighted by Crippen LogP contribution is -2.30. The summed E-state index contributed by atoms with van der Waals surface area (Å²) in [5.74, 6) is 2.43. The van der Waals surface area contributed by atoms with Crippen molar-refractivity contribution in [2.75, 3.05) is 14.2 Å². The minimum atomic E-state index is -0.340. The minimum absolute atomic E-state index is 0.0951. The number of benzene rings is 1. The predicted octanol–water partition coefficient (Wildman–Crippen LogP) is 2.89. The highest BCUT2D eigenvalue weighted by molar-refractivity contribution is 8.00. The van der Waals surface area contributed by atoms with E-state index in [0.29, 0.717) is 34.8 Å². The summed E-state index contributed by atoms with van der Waals surface area (Å²) in [5.41, 5.74) is 0.918. The van der Waals surface area contributed by atoms with Gasteiger partial charge in [-0.15, -0.1) is 10.2 Å². The summed E-state index contributed by atoms with van der Waals surface area (Å²) in [6, 6.07) is 9.15. The van der Waals surface area contributed by atoms with Crippen molar-refractivity contribution >= 4 is 17.7 Å². The molecule has 148 valence electrons. The first kappa shape index (κ1) is 19.8. The number of ether oxygens (including phenoxy) is 2. The standard InChI is InChI=1S/C19H22N4O4S/c1-12(28-19-22-21-17(23(19)2)15-6-5-9-27-15)18(24)20-11-13-7-8-14(25-3)16(10-13)26-4/h5-10,12H,11H2,1-4H3,(H,20,24)/t12-/m1/s1. The normalized spacial score (nSPS) is 11.9. The number of thioether (sulfide) groups is 1. The summed E-state index contributed by atoms with van der Waals surface area (Å²) < 4.78 is 17.7. The summed E-state index contributed by atoms with van der Waals surface area (Å²) >= 11 is 1.34. The SMILES string of the molecule is COc1ccc(CNC(=O)[C@@H](C)Sc2nnc(-c3ccco3)n2C)cc1OC. The van der Waals surface area contributed by atoms with Crippen molar-refractivity contribution in [2.45, 2.75) is 23.9 Å². The van der Waals surface area contributed by atoms with E-state index in [-0.39, 0.29) is 11.2 Å². The molecule has 2 heterocycles. The predicted molar refractivity (Wildman–Crippen MR) is 105 cm³/mol. The summed E-state index contributed by atoms with van der Waals surface area (Å²) in [5, 5.41) is 11.5. The molecule has 0 spiro atoms. The number of aromatic nitrogens is 3. The second-order valence-corrected chi connectivity index (χ2v) is 7.32. The monoisotopic (exact) mass is 402 g/mol. The van der Waals surface area contributed by atoms with Gasteiger partial charge in [-0.3, -0.25) is 4.79 Å². The molecule has 0 saturated heterocycles. The summed E-state index contributed by atoms with van der Waals surface area (Å²) in [6.07, 6.45) is 1.58. The van der Waals surface area contributed by atoms with Crippen LogP contribution >= 0.6 is 11.8 Å². The molecule has 0 aliphatic carbocycles. The highest BCUT2D eigenvalue weighted by Crippen LogP contribution is 2.28. The Balaban J connectivity index is 1.60. The first-order valence-electron chi connectivity index (χ1n) is 8.62. The second kappa shape index (κ2) is 8.83. The number of nitrogens with zero attached hydrogens (tertiary/aromatic N) is 3. The van der Waals surface area contributed by atoms with Crippen LogP contribution < -0.4 is 14.8 Å². The molecule has 9 heteroatoms. The quantitative estimate of drug-likeness (QED) is 0.579. The maximum Gasteiger partial charge on any atom is 0.233 e. The van der Waals surface area contributed by atoms with Crippen LogP contribution in [0.3, 0.4) is 0 Å². The molecule has 0 bridgehead atoms. The van der Waals surface area contributed by atoms with Gasteiger partial charge in [0.15, 0.2) is 28.2 Å². The van der Waals surface area contributed by atoms with Gasteiger partial charge in [-0.05, 0) is 36.8 Å². The van der Waals surface area contributed by atoms with E-state index in [1.54, 1.807) is 26.5 Å². The molecule has 1 N–H and O–H groups in total. The van der Waals surface area contributed by atoms with Gasteiger partial charge in [0.2, 0.25) is 5.91 Å². The van der Waals surface area contributed by atoms with Crippen LogP contribution in [0.2, 0.25) is 0 Å². The van der Waals surface area contributed by atoms with Crippen LogP contribution in [0.4, 0.5) is 0 Å². The van der Waals surface area contributed by atoms with E-state index >= 15 is 0 Å². The number of hydrogen-bond donors (Lipinski definition) is 1. The van der Waals surface area contributed by atoms with Gasteiger partial charge in [0.25, 0.3) is 0 Å². The summed E-state index contributed by atoms with van der Waals surface area (Å²) in [4.78, 5) is 12.5. The van der Waals surface area contributed by atoms with Gasteiger partial charge < -0.3 is 23.8 Å². The second-order valence-electron chi connectivity index (χ2n) is 6.01. The van der Waals surface area contributed by atoms with E-state index in [2.05, 4.69) is 15.5 Å². The number of hydrogen-bond acceptors (Lipinski definition) is 7. The van der Waals surface area contributed by atoms with E-state index in [9.17, 15) is 4.79 Å². The van der Waals surface area contributed by atoms with Crippen LogP contribution in [0, 0.1) is 0 Å². The van der Waals surface area contributed by atoms with E-state index in [1.807, 2.05) is 42.8 Å². The zero-order chi connectivity index (χ0) is 20.1. The Kier molecular flexibility index (Phi) is 6.25. The third-order valence-corrected chi connectivity index (χ3v) is 5.28. The van der Waals surface area contributed by atoms with Crippen molar-refractivity contribution in [3.8, 4) is 23.1 Å². The lowest BCUT2D eigenvalue weighted by atomic mass is 10.2. The Bertz CT molecular complexity index is 940. The molecule has 0 aliphatic rings. The molecular weight excluding hydrogens is 380 g/mol. The zero-order valence-corrected chi connectivity index (χ0v) is 16.9. The Hall–Kier alpha value is -2.94. The summed E-state index contributed by atoms with van der Waals surface area (Å²) in [7, 11) is 5.01. The molecule has 3 aromatic rings. The van der Waals surface area contributed by atoms with Gasteiger partial charge in [0, 0.05) is 13.6 Å². The van der Waals surface area contributed by atoms with Crippen molar-refractivity contribution in [3.63, 3.8) is 0 Å². The largest absolute Gasteiger partial charge is 0.493 e. The van der Waals surface area contributed by atoms with Gasteiger partial charge in [0.05, 0.1) is 25.7 Å². The number of rotatable bonds is 8. The van der Waals surface area contributed by atoms with Gasteiger partial charge in [0.1, 0.15) is 0 Å². The highest BCUT2D eigenvalue weighted by atomic mass is 32.2. The molecule has 0 aliphatic heterocycles. The number of furan rings is 1. The average molecular weight is 402 g/mol. The van der Waals surface area contributed by atoms with Crippen LogP contribution in [-0.4, -0.2) is 40.1 Å². The van der Waals surface area contributed by atoms with Crippen molar-refractivity contribution in [2.24, 2.45) is 7.05 Å². The van der Waals surface area contributed by atoms with E-state index in [1.165, 1.54) is 11.8 Å². The van der Waals surface area contributed by atoms with Crippen molar-refractivity contribution < 1.29 is 18.7 Å². The number of carbonyl (C=O) groups is 1. The van der Waals surface area contributed by atoms with E-state index < -0.39 is 0 Å².